The average molecular weight is 482 g/mol. The number of hydrogen-bond donors (Lipinski definition) is 0. The fourth-order valence-electron chi connectivity index (χ4n) is 3.13. The Morgan fingerprint density at radius 2 is 1.88 bits per heavy atom. The number of anilines is 1. The number of benzene rings is 1. The highest BCUT2D eigenvalue weighted by molar-refractivity contribution is 7.92. The number of rotatable bonds is 5. The summed E-state index contributed by atoms with van der Waals surface area (Å²) in [7, 11) is -2.31. The lowest BCUT2D eigenvalue weighted by molar-refractivity contribution is 0.0225. The molecule has 1 aromatic carbocycles. The summed E-state index contributed by atoms with van der Waals surface area (Å²) in [5.74, 6) is -0.460. The second-order valence-electron chi connectivity index (χ2n) is 8.48. The van der Waals surface area contributed by atoms with Crippen LogP contribution in [0.25, 0.3) is 0 Å². The fourth-order valence-corrected chi connectivity index (χ4v) is 5.38. The monoisotopic (exact) mass is 481 g/mol. The highest BCUT2D eigenvalue weighted by Gasteiger charge is 2.30. The maximum atomic E-state index is 12.5. The van der Waals surface area contributed by atoms with Crippen LogP contribution in [0.1, 0.15) is 47.3 Å². The van der Waals surface area contributed by atoms with Crippen LogP contribution in [-0.4, -0.2) is 55.9 Å². The molecule has 0 fully saturated rings. The third-order valence-corrected chi connectivity index (χ3v) is 7.01. The lowest BCUT2D eigenvalue weighted by Gasteiger charge is -2.29. The van der Waals surface area contributed by atoms with Gasteiger partial charge in [0, 0.05) is 17.8 Å². The minimum absolute atomic E-state index is 0.0719. The van der Waals surface area contributed by atoms with E-state index in [2.05, 4.69) is 9.72 Å². The zero-order valence-corrected chi connectivity index (χ0v) is 20.4. The Balaban J connectivity index is 1.81. The van der Waals surface area contributed by atoms with Gasteiger partial charge in [0.1, 0.15) is 5.60 Å². The van der Waals surface area contributed by atoms with Gasteiger partial charge in [-0.25, -0.2) is 27.3 Å². The highest BCUT2D eigenvalue weighted by Crippen LogP contribution is 2.33. The van der Waals surface area contributed by atoms with Crippen LogP contribution < -0.4 is 4.31 Å². The molecule has 0 radical (unpaired) electrons. The largest absolute Gasteiger partial charge is 0.465 e. The minimum Gasteiger partial charge on any atom is -0.465 e. The van der Waals surface area contributed by atoms with Crippen molar-refractivity contribution in [1.82, 2.24) is 9.88 Å². The normalized spacial score (nSPS) is 14.0. The summed E-state index contributed by atoms with van der Waals surface area (Å²) in [5, 5.41) is 0.348. The molecule has 2 aromatic rings. The van der Waals surface area contributed by atoms with Crippen LogP contribution in [0.5, 0.6) is 0 Å². The van der Waals surface area contributed by atoms with E-state index in [1.807, 2.05) is 20.8 Å². The van der Waals surface area contributed by atoms with Crippen LogP contribution in [-0.2, 0) is 39.0 Å². The predicted octanol–water partition coefficient (Wildman–Crippen LogP) is 3.19. The summed E-state index contributed by atoms with van der Waals surface area (Å²) in [6, 6.07) is 6.55. The van der Waals surface area contributed by atoms with Crippen LogP contribution in [0.3, 0.4) is 0 Å². The summed E-state index contributed by atoms with van der Waals surface area (Å²) in [4.78, 5) is 31.0. The first-order valence-corrected chi connectivity index (χ1v) is 12.7. The van der Waals surface area contributed by atoms with Crippen molar-refractivity contribution < 1.29 is 27.5 Å². The smallest absolute Gasteiger partial charge is 0.410 e. The summed E-state index contributed by atoms with van der Waals surface area (Å²) in [5.41, 5.74) is 1.28. The summed E-state index contributed by atoms with van der Waals surface area (Å²) >= 11 is 1.25. The molecular formula is C21H27N3O6S2. The molecule has 2 heterocycles. The molecular weight excluding hydrogens is 454 g/mol. The molecule has 0 atom stereocenters. The number of esters is 1. The van der Waals surface area contributed by atoms with Crippen LogP contribution >= 0.6 is 11.3 Å². The number of aromatic nitrogens is 1. The minimum atomic E-state index is -3.62. The molecule has 1 aliphatic heterocycles. The molecule has 174 valence electrons. The van der Waals surface area contributed by atoms with E-state index < -0.39 is 27.7 Å². The summed E-state index contributed by atoms with van der Waals surface area (Å²) in [6.07, 6.45) is 1.25. The molecule has 0 unspecified atom stereocenters. The fraction of sp³-hybridized carbons (Fsp3) is 0.476. The highest BCUT2D eigenvalue weighted by atomic mass is 32.2. The molecule has 1 aliphatic rings. The molecule has 1 amide bonds. The maximum absolute atomic E-state index is 12.5. The van der Waals surface area contributed by atoms with E-state index in [4.69, 9.17) is 4.74 Å². The number of thiazole rings is 1. The zero-order valence-electron chi connectivity index (χ0n) is 18.7. The number of ether oxygens (including phenoxy) is 2. The Bertz CT molecular complexity index is 1100. The number of sulfonamides is 1. The van der Waals surface area contributed by atoms with E-state index in [9.17, 15) is 18.0 Å². The third-order valence-electron chi connectivity index (χ3n) is 4.69. The molecule has 0 aliphatic carbocycles. The summed E-state index contributed by atoms with van der Waals surface area (Å²) in [6.45, 7) is 6.29. The number of nitrogens with zero attached hydrogens (tertiary/aromatic N) is 3. The van der Waals surface area contributed by atoms with Crippen molar-refractivity contribution in [1.29, 1.82) is 0 Å². The van der Waals surface area contributed by atoms with E-state index in [1.165, 1.54) is 22.8 Å². The van der Waals surface area contributed by atoms with Gasteiger partial charge in [-0.15, -0.1) is 0 Å². The van der Waals surface area contributed by atoms with Crippen LogP contribution in [0.2, 0.25) is 0 Å². The van der Waals surface area contributed by atoms with Crippen molar-refractivity contribution >= 4 is 38.6 Å². The summed E-state index contributed by atoms with van der Waals surface area (Å²) < 4.78 is 36.4. The first kappa shape index (κ1) is 24.0. The molecule has 0 N–H and O–H groups in total. The van der Waals surface area contributed by atoms with Gasteiger partial charge in [-0.05, 0) is 38.5 Å². The number of carbonyl (C=O) groups excluding carboxylic acids is 2. The van der Waals surface area contributed by atoms with Gasteiger partial charge >= 0.3 is 12.1 Å². The van der Waals surface area contributed by atoms with Gasteiger partial charge in [-0.2, -0.15) is 0 Å². The molecule has 0 saturated heterocycles. The Morgan fingerprint density at radius 3 is 2.44 bits per heavy atom. The van der Waals surface area contributed by atoms with E-state index in [0.717, 1.165) is 16.8 Å². The van der Waals surface area contributed by atoms with E-state index in [0.29, 0.717) is 35.8 Å². The van der Waals surface area contributed by atoms with Crippen molar-refractivity contribution in [3.8, 4) is 0 Å². The van der Waals surface area contributed by atoms with Gasteiger partial charge < -0.3 is 14.4 Å². The van der Waals surface area contributed by atoms with Crippen molar-refractivity contribution in [3.63, 3.8) is 0 Å². The molecule has 1 aromatic heterocycles. The number of hydrogen-bond acceptors (Lipinski definition) is 8. The van der Waals surface area contributed by atoms with Crippen LogP contribution in [0, 0.1) is 0 Å². The Hall–Kier alpha value is -2.66. The standard InChI is InChI=1S/C21H27N3O6S2/c1-21(2,3)30-20(26)23-11-10-16-17(13-23)31-19(22-16)24(32(5,27)28)12-14-6-8-15(9-7-14)18(25)29-4/h6-9H,10-13H2,1-5H3. The molecule has 0 saturated carbocycles. The number of amides is 1. The van der Waals surface area contributed by atoms with Gasteiger partial charge in [-0.1, -0.05) is 23.5 Å². The lowest BCUT2D eigenvalue weighted by atomic mass is 10.1. The number of carbonyl (C=O) groups is 2. The van der Waals surface area contributed by atoms with Crippen molar-refractivity contribution in [2.45, 2.75) is 45.9 Å². The molecule has 3 rings (SSSR count). The topological polar surface area (TPSA) is 106 Å². The maximum Gasteiger partial charge on any atom is 0.410 e. The third kappa shape index (κ3) is 5.77. The van der Waals surface area contributed by atoms with Crippen LogP contribution in [0.15, 0.2) is 24.3 Å². The van der Waals surface area contributed by atoms with Gasteiger partial charge in [0.15, 0.2) is 5.13 Å². The quantitative estimate of drug-likeness (QED) is 0.604. The van der Waals surface area contributed by atoms with Crippen molar-refractivity contribution in [2.24, 2.45) is 0 Å². The Kier molecular flexibility index (Phi) is 6.80. The number of methoxy groups -OCH3 is 1. The van der Waals surface area contributed by atoms with E-state index in [1.54, 1.807) is 29.2 Å². The molecule has 0 spiro atoms. The molecule has 11 heteroatoms. The average Bonchev–Trinajstić information content (AvgIpc) is 3.12. The molecule has 0 bridgehead atoms. The van der Waals surface area contributed by atoms with E-state index in [-0.39, 0.29) is 6.54 Å². The predicted molar refractivity (Wildman–Crippen MR) is 121 cm³/mol. The Morgan fingerprint density at radius 1 is 1.22 bits per heavy atom. The van der Waals surface area contributed by atoms with Gasteiger partial charge in [0.2, 0.25) is 10.0 Å². The first-order chi connectivity index (χ1) is 14.9. The SMILES string of the molecule is COC(=O)c1ccc(CN(c2nc3c(s2)CN(C(=O)OC(C)(C)C)CC3)S(C)(=O)=O)cc1. The molecule has 32 heavy (non-hydrogen) atoms. The van der Waals surface area contributed by atoms with Crippen molar-refractivity contribution in [2.75, 3.05) is 24.2 Å². The Labute approximate surface area is 192 Å². The zero-order chi connectivity index (χ0) is 23.7. The lowest BCUT2D eigenvalue weighted by Crippen LogP contribution is -2.39. The van der Waals surface area contributed by atoms with Crippen LogP contribution in [0.4, 0.5) is 9.93 Å². The van der Waals surface area contributed by atoms with Gasteiger partial charge in [-0.3, -0.25) is 0 Å². The second-order valence-corrected chi connectivity index (χ2v) is 11.4. The molecule has 9 nitrogen and oxygen atoms in total. The first-order valence-electron chi connectivity index (χ1n) is 9.99. The number of fused-ring (bicyclic) bond motifs is 1. The van der Waals surface area contributed by atoms with Gasteiger partial charge in [0.25, 0.3) is 0 Å². The van der Waals surface area contributed by atoms with Crippen molar-refractivity contribution in [3.05, 3.63) is 46.0 Å². The second kappa shape index (κ2) is 9.07. The van der Waals surface area contributed by atoms with E-state index >= 15 is 0 Å². The van der Waals surface area contributed by atoms with Gasteiger partial charge in [0.05, 0.1) is 37.7 Å².